The Morgan fingerprint density at radius 2 is 1.78 bits per heavy atom. The zero-order chi connectivity index (χ0) is 31.4. The maximum Gasteiger partial charge on any atom is 0.282 e. The Morgan fingerprint density at radius 1 is 0.978 bits per heavy atom. The molecule has 0 amide bonds. The molecular weight excluding hydrogens is 583 g/mol. The number of anilines is 1. The molecule has 3 aliphatic heterocycles. The van der Waals surface area contributed by atoms with Gasteiger partial charge in [0.25, 0.3) is 5.88 Å². The lowest BCUT2D eigenvalue weighted by Crippen LogP contribution is -2.65. The van der Waals surface area contributed by atoms with Crippen molar-refractivity contribution in [3.63, 3.8) is 0 Å². The molecule has 3 aromatic rings. The van der Waals surface area contributed by atoms with Crippen LogP contribution in [0.4, 0.5) is 10.2 Å². The second-order valence-corrected chi connectivity index (χ2v) is 14.9. The number of aliphatic hydroxyl groups is 1. The molecule has 1 N–H and O–H groups in total. The van der Waals surface area contributed by atoms with Crippen LogP contribution < -0.4 is 9.64 Å². The number of ether oxygens (including phenoxy) is 1. The largest absolute Gasteiger partial charge is 0.434 e. The number of aliphatic hydroxyl groups excluding tert-OH is 1. The molecule has 10 nitrogen and oxygen atoms in total. The van der Waals surface area contributed by atoms with Crippen LogP contribution in [0.1, 0.15) is 70.4 Å². The lowest BCUT2D eigenvalue weighted by atomic mass is 9.68. The fourth-order valence-electron chi connectivity index (χ4n) is 8.80. The van der Waals surface area contributed by atoms with Crippen molar-refractivity contribution >= 4 is 5.82 Å². The topological polar surface area (TPSA) is 104 Å². The number of hydrogen-bond donors (Lipinski definition) is 1. The first kappa shape index (κ1) is 30.1. The summed E-state index contributed by atoms with van der Waals surface area (Å²) < 4.78 is 21.0. The monoisotopic (exact) mass is 628 g/mol. The summed E-state index contributed by atoms with van der Waals surface area (Å²) in [4.78, 5) is 21.1. The molecule has 2 aromatic heterocycles. The number of halogens is 1. The fourth-order valence-corrected chi connectivity index (χ4v) is 8.80. The van der Waals surface area contributed by atoms with Crippen LogP contribution in [0.15, 0.2) is 37.1 Å². The number of piperidine rings is 1. The van der Waals surface area contributed by atoms with E-state index < -0.39 is 0 Å². The smallest absolute Gasteiger partial charge is 0.282 e. The normalized spacial score (nSPS) is 25.9. The molecule has 2 saturated carbocycles. The molecule has 0 unspecified atom stereocenters. The fraction of sp³-hybridized carbons (Fsp3) is 0.629. The number of rotatable bonds is 9. The molecule has 8 rings (SSSR count). The van der Waals surface area contributed by atoms with Crippen molar-refractivity contribution in [1.29, 1.82) is 0 Å². The highest BCUT2D eigenvalue weighted by Gasteiger charge is 2.53. The van der Waals surface area contributed by atoms with E-state index in [9.17, 15) is 9.50 Å². The Bertz CT molecular complexity index is 1550. The molecule has 244 valence electrons. The van der Waals surface area contributed by atoms with Crippen LogP contribution in [0.3, 0.4) is 0 Å². The van der Waals surface area contributed by atoms with E-state index in [-0.39, 0.29) is 17.3 Å². The van der Waals surface area contributed by atoms with Crippen molar-refractivity contribution in [3.05, 3.63) is 48.6 Å². The van der Waals surface area contributed by atoms with Crippen LogP contribution in [0, 0.1) is 23.1 Å². The van der Waals surface area contributed by atoms with Crippen molar-refractivity contribution in [3.8, 4) is 22.8 Å². The molecule has 46 heavy (non-hydrogen) atoms. The van der Waals surface area contributed by atoms with E-state index in [1.807, 2.05) is 0 Å². The molecule has 3 saturated heterocycles. The molecule has 5 heterocycles. The van der Waals surface area contributed by atoms with Crippen molar-refractivity contribution in [2.75, 3.05) is 44.2 Å². The Kier molecular flexibility index (Phi) is 7.89. The number of aromatic nitrogens is 5. The van der Waals surface area contributed by atoms with E-state index in [2.05, 4.69) is 53.7 Å². The molecule has 11 heteroatoms. The average molecular weight is 629 g/mol. The maximum atomic E-state index is 14.5. The first-order valence-corrected chi connectivity index (χ1v) is 17.2. The van der Waals surface area contributed by atoms with Gasteiger partial charge in [-0.05, 0) is 75.0 Å². The Labute approximate surface area is 270 Å². The molecule has 5 fully saturated rings. The summed E-state index contributed by atoms with van der Waals surface area (Å²) in [6, 6.07) is 5.85. The minimum Gasteiger partial charge on any atom is -0.434 e. The zero-order valence-corrected chi connectivity index (χ0v) is 26.9. The van der Waals surface area contributed by atoms with E-state index in [4.69, 9.17) is 4.74 Å². The summed E-state index contributed by atoms with van der Waals surface area (Å²) in [6.45, 7) is 10.9. The van der Waals surface area contributed by atoms with Gasteiger partial charge in [-0.15, -0.1) is 10.2 Å². The van der Waals surface area contributed by atoms with Crippen LogP contribution in [0.5, 0.6) is 11.6 Å². The standard InChI is InChI=1S/C35H45FN8O2/c1-22(2)32(24-13-26(14-24)42-10-7-27(45)8-11-42)44-18-35(19-44)9-12-43(17-35)33-34(41-40-21-39-33)46-30-6-5-25(36)15-28(30)29-16-37-20-38-31(29)23-3-4-23/h5-6,15-16,20-24,26-27,32,45H,3-4,7-14,17-19H2,1-2H3/t24?,26?,32-/m0/s1. The minimum atomic E-state index is -0.343. The molecule has 1 aromatic carbocycles. The van der Waals surface area contributed by atoms with E-state index in [1.165, 1.54) is 31.3 Å². The lowest BCUT2D eigenvalue weighted by Gasteiger charge is -2.58. The van der Waals surface area contributed by atoms with E-state index >= 15 is 0 Å². The first-order chi connectivity index (χ1) is 22.4. The lowest BCUT2D eigenvalue weighted by molar-refractivity contribution is -0.0840. The van der Waals surface area contributed by atoms with Gasteiger partial charge in [-0.25, -0.2) is 19.3 Å². The van der Waals surface area contributed by atoms with Crippen molar-refractivity contribution in [2.24, 2.45) is 17.3 Å². The van der Waals surface area contributed by atoms with E-state index in [1.54, 1.807) is 18.6 Å². The molecule has 1 atom stereocenters. The van der Waals surface area contributed by atoms with Crippen molar-refractivity contribution in [1.82, 2.24) is 34.9 Å². The van der Waals surface area contributed by atoms with Gasteiger partial charge in [0.15, 0.2) is 5.82 Å². The quantitative estimate of drug-likeness (QED) is 0.352. The maximum absolute atomic E-state index is 14.5. The summed E-state index contributed by atoms with van der Waals surface area (Å²) in [5, 5.41) is 18.3. The van der Waals surface area contributed by atoms with Gasteiger partial charge < -0.3 is 19.6 Å². The van der Waals surface area contributed by atoms with Crippen molar-refractivity contribution in [2.45, 2.75) is 82.9 Å². The molecule has 0 bridgehead atoms. The summed E-state index contributed by atoms with van der Waals surface area (Å²) >= 11 is 0. The molecular formula is C35H45FN8O2. The van der Waals surface area contributed by atoms with Gasteiger partial charge in [-0.3, -0.25) is 4.90 Å². The average Bonchev–Trinajstić information content (AvgIpc) is 3.77. The number of nitrogens with zero attached hydrogens (tertiary/aromatic N) is 8. The van der Waals surface area contributed by atoms with Gasteiger partial charge in [0.1, 0.15) is 24.2 Å². The van der Waals surface area contributed by atoms with Crippen LogP contribution in [0.2, 0.25) is 0 Å². The summed E-state index contributed by atoms with van der Waals surface area (Å²) in [6.07, 6.45) is 12.3. The Hall–Kier alpha value is -3.28. The van der Waals surface area contributed by atoms with Crippen LogP contribution in [0.25, 0.3) is 11.1 Å². The predicted molar refractivity (Wildman–Crippen MR) is 172 cm³/mol. The summed E-state index contributed by atoms with van der Waals surface area (Å²) in [5.74, 6) is 2.90. The van der Waals surface area contributed by atoms with Gasteiger partial charge in [-0.2, -0.15) is 0 Å². The Balaban J connectivity index is 0.943. The Morgan fingerprint density at radius 3 is 2.54 bits per heavy atom. The highest BCUT2D eigenvalue weighted by atomic mass is 19.1. The second kappa shape index (κ2) is 12.1. The van der Waals surface area contributed by atoms with Gasteiger partial charge in [0.2, 0.25) is 0 Å². The zero-order valence-electron chi connectivity index (χ0n) is 26.9. The SMILES string of the molecule is CC(C)[C@@H](C1CC(N2CCC(O)CC2)C1)N1CC2(CCN(c3ncnnc3Oc3ccc(F)cc3-c3cncnc3C3CC3)C2)C1. The molecule has 2 aliphatic carbocycles. The first-order valence-electron chi connectivity index (χ1n) is 17.2. The number of hydrogen-bond acceptors (Lipinski definition) is 10. The van der Waals surface area contributed by atoms with Gasteiger partial charge in [0, 0.05) is 80.0 Å². The molecule has 0 radical (unpaired) electrons. The number of likely N-dealkylation sites (tertiary alicyclic amines) is 2. The second-order valence-electron chi connectivity index (χ2n) is 14.9. The van der Waals surface area contributed by atoms with Crippen molar-refractivity contribution < 1.29 is 14.2 Å². The van der Waals surface area contributed by atoms with Gasteiger partial charge in [-0.1, -0.05) is 13.8 Å². The van der Waals surface area contributed by atoms with Gasteiger partial charge in [0.05, 0.1) is 11.8 Å². The van der Waals surface area contributed by atoms with Crippen LogP contribution in [-0.2, 0) is 0 Å². The number of benzene rings is 1. The minimum absolute atomic E-state index is 0.107. The van der Waals surface area contributed by atoms with Gasteiger partial charge >= 0.3 is 0 Å². The highest BCUT2D eigenvalue weighted by molar-refractivity contribution is 5.73. The predicted octanol–water partition coefficient (Wildman–Crippen LogP) is 4.91. The van der Waals surface area contributed by atoms with Crippen LogP contribution in [-0.4, -0.2) is 97.5 Å². The summed E-state index contributed by atoms with van der Waals surface area (Å²) in [5.41, 5.74) is 2.58. The van der Waals surface area contributed by atoms with E-state index in [0.29, 0.717) is 46.9 Å². The third-order valence-electron chi connectivity index (χ3n) is 11.3. The third-order valence-corrected chi connectivity index (χ3v) is 11.3. The van der Waals surface area contributed by atoms with Crippen LogP contribution >= 0.6 is 0 Å². The molecule has 5 aliphatic rings. The van der Waals surface area contributed by atoms with E-state index in [0.717, 1.165) is 88.5 Å². The highest BCUT2D eigenvalue weighted by Crippen LogP contribution is 2.49. The third kappa shape index (κ3) is 5.75. The molecule has 1 spiro atoms. The summed E-state index contributed by atoms with van der Waals surface area (Å²) in [7, 11) is 0.